The van der Waals surface area contributed by atoms with Crippen LogP contribution in [0.4, 0.5) is 5.69 Å². The minimum atomic E-state index is -0.290. The fourth-order valence-corrected chi connectivity index (χ4v) is 2.61. The van der Waals surface area contributed by atoms with Gasteiger partial charge in [0.1, 0.15) is 11.6 Å². The molecule has 0 aliphatic heterocycles. The molecule has 1 aromatic rings. The van der Waals surface area contributed by atoms with E-state index in [-0.39, 0.29) is 17.5 Å². The Morgan fingerprint density at radius 2 is 2.05 bits per heavy atom. The smallest absolute Gasteiger partial charge is 0.263 e. The molecule has 0 spiro atoms. The van der Waals surface area contributed by atoms with Crippen LogP contribution in [-0.4, -0.2) is 11.9 Å². The molecule has 1 saturated carbocycles. The fourth-order valence-electron chi connectivity index (χ4n) is 2.61. The average molecular weight is 283 g/mol. The lowest BCUT2D eigenvalue weighted by atomic mass is 10.1. The highest BCUT2D eigenvalue weighted by atomic mass is 16.1. The van der Waals surface area contributed by atoms with Gasteiger partial charge in [0.15, 0.2) is 0 Å². The van der Waals surface area contributed by atoms with E-state index in [0.29, 0.717) is 0 Å². The summed E-state index contributed by atoms with van der Waals surface area (Å²) >= 11 is 0. The van der Waals surface area contributed by atoms with Gasteiger partial charge in [0, 0.05) is 17.9 Å². The Bertz CT molecular complexity index is 593. The molecule has 0 aromatic heterocycles. The summed E-state index contributed by atoms with van der Waals surface area (Å²) in [4.78, 5) is 12.0. The van der Waals surface area contributed by atoms with Gasteiger partial charge in [-0.2, -0.15) is 5.26 Å². The van der Waals surface area contributed by atoms with Crippen LogP contribution in [0.1, 0.15) is 36.8 Å². The van der Waals surface area contributed by atoms with Crippen molar-refractivity contribution < 1.29 is 4.79 Å². The van der Waals surface area contributed by atoms with Crippen molar-refractivity contribution in [1.82, 2.24) is 5.32 Å². The highest BCUT2D eigenvalue weighted by Crippen LogP contribution is 2.18. The number of aryl methyl sites for hydroxylation is 2. The van der Waals surface area contributed by atoms with Gasteiger partial charge < -0.3 is 10.6 Å². The van der Waals surface area contributed by atoms with Crippen LogP contribution in [0.25, 0.3) is 0 Å². The van der Waals surface area contributed by atoms with Gasteiger partial charge in [-0.15, -0.1) is 0 Å². The van der Waals surface area contributed by atoms with Crippen LogP contribution in [0, 0.1) is 25.2 Å². The van der Waals surface area contributed by atoms with Crippen molar-refractivity contribution in [2.75, 3.05) is 5.32 Å². The highest BCUT2D eigenvalue weighted by Gasteiger charge is 2.19. The first kappa shape index (κ1) is 15.1. The number of carbonyl (C=O) groups excluding carboxylic acids is 1. The minimum absolute atomic E-state index is 0.113. The van der Waals surface area contributed by atoms with Crippen LogP contribution in [-0.2, 0) is 4.79 Å². The number of carbonyl (C=O) groups is 1. The van der Waals surface area contributed by atoms with E-state index in [1.54, 1.807) is 0 Å². The third-order valence-electron chi connectivity index (χ3n) is 3.81. The second kappa shape index (κ2) is 6.94. The summed E-state index contributed by atoms with van der Waals surface area (Å²) in [5.74, 6) is -0.290. The molecule has 1 fully saturated rings. The van der Waals surface area contributed by atoms with Gasteiger partial charge in [-0.1, -0.05) is 30.5 Å². The summed E-state index contributed by atoms with van der Waals surface area (Å²) in [6.07, 6.45) is 5.81. The molecule has 1 aromatic carbocycles. The number of nitrogens with zero attached hydrogens (tertiary/aromatic N) is 1. The van der Waals surface area contributed by atoms with Crippen LogP contribution in [0.5, 0.6) is 0 Å². The third-order valence-corrected chi connectivity index (χ3v) is 3.81. The summed E-state index contributed by atoms with van der Waals surface area (Å²) in [6, 6.07) is 8.18. The van der Waals surface area contributed by atoms with Gasteiger partial charge in [0.25, 0.3) is 5.91 Å². The van der Waals surface area contributed by atoms with Crippen molar-refractivity contribution in [3.63, 3.8) is 0 Å². The molecule has 0 saturated heterocycles. The summed E-state index contributed by atoms with van der Waals surface area (Å²) < 4.78 is 0. The molecule has 4 heteroatoms. The Hall–Kier alpha value is -2.28. The number of nitrogens with one attached hydrogen (secondary N) is 2. The molecule has 2 rings (SSSR count). The zero-order valence-corrected chi connectivity index (χ0v) is 12.6. The van der Waals surface area contributed by atoms with E-state index in [9.17, 15) is 4.79 Å². The molecule has 0 heterocycles. The molecule has 0 unspecified atom stereocenters. The largest absolute Gasteiger partial charge is 0.360 e. The van der Waals surface area contributed by atoms with Gasteiger partial charge in [-0.05, 0) is 38.3 Å². The van der Waals surface area contributed by atoms with E-state index < -0.39 is 0 Å². The SMILES string of the molecule is Cc1ccc(N/C=C(/C#N)C(=O)NC2CCCC2)c(C)c1. The predicted octanol–water partition coefficient (Wildman–Crippen LogP) is 3.18. The number of amides is 1. The van der Waals surface area contributed by atoms with E-state index in [4.69, 9.17) is 5.26 Å². The average Bonchev–Trinajstić information content (AvgIpc) is 2.94. The number of rotatable bonds is 4. The van der Waals surface area contributed by atoms with E-state index >= 15 is 0 Å². The number of hydrogen-bond acceptors (Lipinski definition) is 3. The van der Waals surface area contributed by atoms with E-state index in [1.165, 1.54) is 11.8 Å². The zero-order valence-electron chi connectivity index (χ0n) is 12.6. The normalized spacial score (nSPS) is 15.6. The Morgan fingerprint density at radius 3 is 2.67 bits per heavy atom. The molecule has 2 N–H and O–H groups in total. The lowest BCUT2D eigenvalue weighted by Crippen LogP contribution is -2.33. The molecular formula is C17H21N3O. The topological polar surface area (TPSA) is 64.9 Å². The molecule has 1 aliphatic rings. The Balaban J connectivity index is 2.02. The van der Waals surface area contributed by atoms with Crippen molar-refractivity contribution in [3.05, 3.63) is 41.1 Å². The van der Waals surface area contributed by atoms with Gasteiger partial charge in [0.2, 0.25) is 0 Å². The molecular weight excluding hydrogens is 262 g/mol. The summed E-state index contributed by atoms with van der Waals surface area (Å²) in [6.45, 7) is 4.02. The standard InChI is InChI=1S/C17H21N3O/c1-12-7-8-16(13(2)9-12)19-11-14(10-18)17(21)20-15-5-3-4-6-15/h7-9,11,15,19H,3-6H2,1-2H3,(H,20,21)/b14-11-. The van der Waals surface area contributed by atoms with Crippen LogP contribution in [0.15, 0.2) is 30.0 Å². The van der Waals surface area contributed by atoms with Crippen LogP contribution in [0.2, 0.25) is 0 Å². The number of nitriles is 1. The predicted molar refractivity (Wildman–Crippen MR) is 83.6 cm³/mol. The lowest BCUT2D eigenvalue weighted by Gasteiger charge is -2.11. The Morgan fingerprint density at radius 1 is 1.33 bits per heavy atom. The number of benzene rings is 1. The van der Waals surface area contributed by atoms with E-state index in [2.05, 4.69) is 16.7 Å². The Kier molecular flexibility index (Phi) is 4.99. The highest BCUT2D eigenvalue weighted by molar-refractivity contribution is 5.97. The molecule has 1 amide bonds. The van der Waals surface area contributed by atoms with Crippen LogP contribution >= 0.6 is 0 Å². The first-order valence-corrected chi connectivity index (χ1v) is 7.35. The minimum Gasteiger partial charge on any atom is -0.360 e. The summed E-state index contributed by atoms with van der Waals surface area (Å²) in [5.41, 5.74) is 3.28. The van der Waals surface area contributed by atoms with Crippen molar-refractivity contribution in [3.8, 4) is 6.07 Å². The van der Waals surface area contributed by atoms with E-state index in [0.717, 1.165) is 36.9 Å². The zero-order chi connectivity index (χ0) is 15.2. The van der Waals surface area contributed by atoms with E-state index in [1.807, 2.05) is 32.0 Å². The quantitative estimate of drug-likeness (QED) is 0.659. The van der Waals surface area contributed by atoms with Crippen LogP contribution in [0.3, 0.4) is 0 Å². The molecule has 0 radical (unpaired) electrons. The van der Waals surface area contributed by atoms with Gasteiger partial charge >= 0.3 is 0 Å². The Labute approximate surface area is 125 Å². The molecule has 4 nitrogen and oxygen atoms in total. The number of hydrogen-bond donors (Lipinski definition) is 2. The van der Waals surface area contributed by atoms with Crippen molar-refractivity contribution in [2.24, 2.45) is 0 Å². The molecule has 0 atom stereocenters. The lowest BCUT2D eigenvalue weighted by molar-refractivity contribution is -0.117. The maximum atomic E-state index is 12.0. The molecule has 110 valence electrons. The second-order valence-electron chi connectivity index (χ2n) is 5.59. The van der Waals surface area contributed by atoms with Crippen molar-refractivity contribution in [2.45, 2.75) is 45.6 Å². The molecule has 21 heavy (non-hydrogen) atoms. The molecule has 0 bridgehead atoms. The van der Waals surface area contributed by atoms with Crippen molar-refractivity contribution >= 4 is 11.6 Å². The maximum absolute atomic E-state index is 12.0. The monoisotopic (exact) mass is 283 g/mol. The van der Waals surface area contributed by atoms with Crippen molar-refractivity contribution in [1.29, 1.82) is 5.26 Å². The maximum Gasteiger partial charge on any atom is 0.263 e. The van der Waals surface area contributed by atoms with Crippen LogP contribution < -0.4 is 10.6 Å². The van der Waals surface area contributed by atoms with Gasteiger partial charge in [-0.25, -0.2) is 0 Å². The summed E-state index contributed by atoms with van der Waals surface area (Å²) in [5, 5.41) is 15.1. The molecule has 1 aliphatic carbocycles. The second-order valence-corrected chi connectivity index (χ2v) is 5.59. The summed E-state index contributed by atoms with van der Waals surface area (Å²) in [7, 11) is 0. The fraction of sp³-hybridized carbons (Fsp3) is 0.412. The third kappa shape index (κ3) is 4.09. The first-order chi connectivity index (χ1) is 10.1. The first-order valence-electron chi connectivity index (χ1n) is 7.35. The van der Waals surface area contributed by atoms with Gasteiger partial charge in [0.05, 0.1) is 0 Å². The van der Waals surface area contributed by atoms with Gasteiger partial charge in [-0.3, -0.25) is 4.79 Å². The number of anilines is 1.